The Kier molecular flexibility index (Phi) is 5.33. The van der Waals surface area contributed by atoms with Gasteiger partial charge in [-0.25, -0.2) is 0 Å². The SMILES string of the molecule is Cc1nc(CN2CCN(C(=O)c3ccccc3OC(C)C)CC2)no1. The van der Waals surface area contributed by atoms with Crippen LogP contribution >= 0.6 is 0 Å². The Morgan fingerprint density at radius 3 is 2.60 bits per heavy atom. The number of nitrogens with zero attached hydrogens (tertiary/aromatic N) is 4. The van der Waals surface area contributed by atoms with Crippen molar-refractivity contribution < 1.29 is 14.1 Å². The molecule has 0 unspecified atom stereocenters. The molecule has 1 aromatic heterocycles. The van der Waals surface area contributed by atoms with Gasteiger partial charge in [-0.1, -0.05) is 17.3 Å². The Balaban J connectivity index is 1.60. The van der Waals surface area contributed by atoms with Gasteiger partial charge in [-0.05, 0) is 26.0 Å². The van der Waals surface area contributed by atoms with Gasteiger partial charge in [-0.3, -0.25) is 9.69 Å². The van der Waals surface area contributed by atoms with E-state index in [0.29, 0.717) is 42.7 Å². The minimum absolute atomic E-state index is 0.0197. The zero-order valence-corrected chi connectivity index (χ0v) is 14.9. The first-order valence-electron chi connectivity index (χ1n) is 8.59. The Labute approximate surface area is 147 Å². The van der Waals surface area contributed by atoms with Gasteiger partial charge in [0.1, 0.15) is 5.75 Å². The second-order valence-corrected chi connectivity index (χ2v) is 6.46. The van der Waals surface area contributed by atoms with Gasteiger partial charge in [0.05, 0.1) is 18.2 Å². The summed E-state index contributed by atoms with van der Waals surface area (Å²) in [7, 11) is 0. The standard InChI is InChI=1S/C18H24N4O3/c1-13(2)24-16-7-5-4-6-15(16)18(23)22-10-8-21(9-11-22)12-17-19-14(3)25-20-17/h4-7,13H,8-12H2,1-3H3. The molecule has 1 amide bonds. The number of para-hydroxylation sites is 1. The first-order chi connectivity index (χ1) is 12.0. The van der Waals surface area contributed by atoms with Crippen LogP contribution < -0.4 is 4.74 Å². The highest BCUT2D eigenvalue weighted by Crippen LogP contribution is 2.22. The van der Waals surface area contributed by atoms with E-state index in [2.05, 4.69) is 15.0 Å². The number of hydrogen-bond acceptors (Lipinski definition) is 6. The van der Waals surface area contributed by atoms with E-state index in [-0.39, 0.29) is 12.0 Å². The average molecular weight is 344 g/mol. The zero-order valence-electron chi connectivity index (χ0n) is 14.9. The fourth-order valence-corrected chi connectivity index (χ4v) is 2.88. The summed E-state index contributed by atoms with van der Waals surface area (Å²) in [6.07, 6.45) is 0.0317. The van der Waals surface area contributed by atoms with E-state index in [9.17, 15) is 4.79 Å². The maximum absolute atomic E-state index is 12.9. The molecule has 0 bridgehead atoms. The van der Waals surface area contributed by atoms with Crippen LogP contribution in [0.3, 0.4) is 0 Å². The Hall–Kier alpha value is -2.41. The summed E-state index contributed by atoms with van der Waals surface area (Å²) in [6.45, 7) is 9.26. The largest absolute Gasteiger partial charge is 0.490 e. The summed E-state index contributed by atoms with van der Waals surface area (Å²) in [4.78, 5) is 21.2. The minimum Gasteiger partial charge on any atom is -0.490 e. The lowest BCUT2D eigenvalue weighted by Gasteiger charge is -2.34. The van der Waals surface area contributed by atoms with Crippen LogP contribution in [0.25, 0.3) is 0 Å². The first-order valence-corrected chi connectivity index (χ1v) is 8.59. The Bertz CT molecular complexity index is 721. The van der Waals surface area contributed by atoms with Crippen molar-refractivity contribution in [3.05, 3.63) is 41.5 Å². The Morgan fingerprint density at radius 2 is 1.96 bits per heavy atom. The van der Waals surface area contributed by atoms with E-state index in [0.717, 1.165) is 13.1 Å². The van der Waals surface area contributed by atoms with Crippen molar-refractivity contribution in [2.45, 2.75) is 33.4 Å². The summed E-state index contributed by atoms with van der Waals surface area (Å²) < 4.78 is 10.8. The van der Waals surface area contributed by atoms with E-state index in [1.54, 1.807) is 6.92 Å². The number of aryl methyl sites for hydroxylation is 1. The molecule has 134 valence electrons. The lowest BCUT2D eigenvalue weighted by molar-refractivity contribution is 0.0619. The normalized spacial score (nSPS) is 15.6. The third-order valence-electron chi connectivity index (χ3n) is 4.07. The summed E-state index contributed by atoms with van der Waals surface area (Å²) in [6, 6.07) is 7.44. The maximum Gasteiger partial charge on any atom is 0.257 e. The molecule has 7 heteroatoms. The smallest absolute Gasteiger partial charge is 0.257 e. The van der Waals surface area contributed by atoms with Crippen molar-refractivity contribution in [3.8, 4) is 5.75 Å². The van der Waals surface area contributed by atoms with Crippen molar-refractivity contribution in [2.24, 2.45) is 0 Å². The van der Waals surface area contributed by atoms with Crippen LogP contribution in [-0.2, 0) is 6.54 Å². The summed E-state index contributed by atoms with van der Waals surface area (Å²) in [5, 5.41) is 3.93. The lowest BCUT2D eigenvalue weighted by Crippen LogP contribution is -2.48. The van der Waals surface area contributed by atoms with E-state index in [1.165, 1.54) is 0 Å². The predicted molar refractivity (Wildman–Crippen MR) is 92.4 cm³/mol. The monoisotopic (exact) mass is 344 g/mol. The van der Waals surface area contributed by atoms with E-state index in [1.807, 2.05) is 43.0 Å². The highest BCUT2D eigenvalue weighted by Gasteiger charge is 2.25. The summed E-state index contributed by atoms with van der Waals surface area (Å²) >= 11 is 0. The quantitative estimate of drug-likeness (QED) is 0.827. The molecule has 0 N–H and O–H groups in total. The van der Waals surface area contributed by atoms with E-state index < -0.39 is 0 Å². The molecule has 2 heterocycles. The fraction of sp³-hybridized carbons (Fsp3) is 0.500. The van der Waals surface area contributed by atoms with Gasteiger partial charge in [0.15, 0.2) is 5.82 Å². The molecule has 0 aliphatic carbocycles. The molecule has 3 rings (SSSR count). The molecule has 0 radical (unpaired) electrons. The van der Waals surface area contributed by atoms with Crippen LogP contribution in [0.1, 0.15) is 35.9 Å². The number of carbonyl (C=O) groups is 1. The van der Waals surface area contributed by atoms with Crippen LogP contribution in [0.4, 0.5) is 0 Å². The molecule has 25 heavy (non-hydrogen) atoms. The minimum atomic E-state index is 0.0197. The molecule has 7 nitrogen and oxygen atoms in total. The number of ether oxygens (including phenoxy) is 1. The first kappa shape index (κ1) is 17.4. The second kappa shape index (κ2) is 7.65. The van der Waals surface area contributed by atoms with Gasteiger partial charge in [0.2, 0.25) is 5.89 Å². The topological polar surface area (TPSA) is 71.7 Å². The summed E-state index contributed by atoms with van der Waals surface area (Å²) in [5.41, 5.74) is 0.624. The second-order valence-electron chi connectivity index (χ2n) is 6.46. The van der Waals surface area contributed by atoms with Crippen molar-refractivity contribution in [2.75, 3.05) is 26.2 Å². The molecule has 2 aromatic rings. The van der Waals surface area contributed by atoms with Crippen LogP contribution in [0.2, 0.25) is 0 Å². The van der Waals surface area contributed by atoms with E-state index >= 15 is 0 Å². The number of amides is 1. The van der Waals surface area contributed by atoms with Gasteiger partial charge >= 0.3 is 0 Å². The number of hydrogen-bond donors (Lipinski definition) is 0. The zero-order chi connectivity index (χ0) is 17.8. The average Bonchev–Trinajstić information content (AvgIpc) is 3.00. The molecule has 1 fully saturated rings. The molecule has 1 aliphatic rings. The van der Waals surface area contributed by atoms with Crippen LogP contribution in [0.5, 0.6) is 5.75 Å². The highest BCUT2D eigenvalue weighted by atomic mass is 16.5. The third-order valence-corrected chi connectivity index (χ3v) is 4.07. The molecule has 1 aromatic carbocycles. The van der Waals surface area contributed by atoms with Crippen molar-refractivity contribution >= 4 is 5.91 Å². The number of aromatic nitrogens is 2. The Morgan fingerprint density at radius 1 is 1.24 bits per heavy atom. The van der Waals surface area contributed by atoms with Gasteiger partial charge in [-0.2, -0.15) is 4.98 Å². The molecule has 0 atom stereocenters. The molecular weight excluding hydrogens is 320 g/mol. The predicted octanol–water partition coefficient (Wildman–Crippen LogP) is 2.12. The number of rotatable bonds is 5. The summed E-state index contributed by atoms with van der Waals surface area (Å²) in [5.74, 6) is 1.93. The maximum atomic E-state index is 12.9. The molecule has 1 aliphatic heterocycles. The molecule has 1 saturated heterocycles. The van der Waals surface area contributed by atoms with E-state index in [4.69, 9.17) is 9.26 Å². The molecular formula is C18H24N4O3. The number of benzene rings is 1. The van der Waals surface area contributed by atoms with Crippen molar-refractivity contribution in [3.63, 3.8) is 0 Å². The molecule has 0 spiro atoms. The van der Waals surface area contributed by atoms with Gasteiger partial charge < -0.3 is 14.2 Å². The van der Waals surface area contributed by atoms with Gasteiger partial charge in [0, 0.05) is 33.1 Å². The van der Waals surface area contributed by atoms with Crippen molar-refractivity contribution in [1.82, 2.24) is 19.9 Å². The van der Waals surface area contributed by atoms with Gasteiger partial charge in [0.25, 0.3) is 5.91 Å². The van der Waals surface area contributed by atoms with Crippen LogP contribution in [-0.4, -0.2) is 58.1 Å². The number of carbonyl (C=O) groups excluding carboxylic acids is 1. The van der Waals surface area contributed by atoms with Crippen molar-refractivity contribution in [1.29, 1.82) is 0 Å². The highest BCUT2D eigenvalue weighted by molar-refractivity contribution is 5.97. The molecule has 0 saturated carbocycles. The number of piperazine rings is 1. The fourth-order valence-electron chi connectivity index (χ4n) is 2.88. The third kappa shape index (κ3) is 4.36. The van der Waals surface area contributed by atoms with Gasteiger partial charge in [-0.15, -0.1) is 0 Å². The van der Waals surface area contributed by atoms with Crippen LogP contribution in [0, 0.1) is 6.92 Å². The lowest BCUT2D eigenvalue weighted by atomic mass is 10.1. The van der Waals surface area contributed by atoms with Crippen LogP contribution in [0.15, 0.2) is 28.8 Å².